The maximum absolute atomic E-state index is 12.8. The van der Waals surface area contributed by atoms with Crippen molar-refractivity contribution < 1.29 is 32.9 Å². The molecule has 0 heterocycles. The molecule has 0 aliphatic rings. The second-order valence-electron chi connectivity index (χ2n) is 14.7. The highest BCUT2D eigenvalue weighted by molar-refractivity contribution is 7.47. The summed E-state index contributed by atoms with van der Waals surface area (Å²) in [4.78, 5) is 23.0. The fourth-order valence-corrected chi connectivity index (χ4v) is 6.22. The number of carbonyl (C=O) groups excluding carboxylic acids is 1. The van der Waals surface area contributed by atoms with Crippen molar-refractivity contribution in [2.75, 3.05) is 40.9 Å². The minimum Gasteiger partial charge on any atom is -0.391 e. The number of aliphatic hydroxyl groups is 1. The summed E-state index contributed by atoms with van der Waals surface area (Å²) >= 11 is 0. The van der Waals surface area contributed by atoms with E-state index in [9.17, 15) is 19.4 Å². The average Bonchev–Trinajstić information content (AvgIpc) is 3.02. The van der Waals surface area contributed by atoms with Crippen LogP contribution in [0, 0.1) is 0 Å². The summed E-state index contributed by atoms with van der Waals surface area (Å²) < 4.78 is 23.5. The predicted molar refractivity (Wildman–Crippen MR) is 203 cm³/mol. The molecular weight excluding hydrogens is 623 g/mol. The number of phosphoric ester groups is 1. The maximum atomic E-state index is 12.8. The van der Waals surface area contributed by atoms with Crippen LogP contribution in [0.3, 0.4) is 0 Å². The molecule has 0 aromatic carbocycles. The molecule has 8 nitrogen and oxygen atoms in total. The lowest BCUT2D eigenvalue weighted by Crippen LogP contribution is -2.46. The van der Waals surface area contributed by atoms with Gasteiger partial charge in [0.1, 0.15) is 13.2 Å². The van der Waals surface area contributed by atoms with Crippen molar-refractivity contribution in [3.8, 4) is 0 Å². The first-order chi connectivity index (χ1) is 23.0. The number of amides is 1. The van der Waals surface area contributed by atoms with Gasteiger partial charge >= 0.3 is 7.82 Å². The van der Waals surface area contributed by atoms with Crippen molar-refractivity contribution in [3.05, 3.63) is 24.3 Å². The van der Waals surface area contributed by atoms with E-state index in [0.29, 0.717) is 23.9 Å². The minimum absolute atomic E-state index is 0.0718. The first-order valence-electron chi connectivity index (χ1n) is 19.7. The van der Waals surface area contributed by atoms with Gasteiger partial charge in [-0.1, -0.05) is 141 Å². The van der Waals surface area contributed by atoms with Gasteiger partial charge in [0.05, 0.1) is 39.9 Å². The number of hydrogen-bond donors (Lipinski definition) is 3. The molecule has 0 fully saturated rings. The fourth-order valence-electron chi connectivity index (χ4n) is 5.49. The van der Waals surface area contributed by atoms with Gasteiger partial charge in [0, 0.05) is 6.42 Å². The fraction of sp³-hybridized carbons (Fsp3) is 0.872. The Hall–Kier alpha value is -1.02. The lowest BCUT2D eigenvalue weighted by molar-refractivity contribution is -0.870. The molecule has 0 aliphatic carbocycles. The lowest BCUT2D eigenvalue weighted by Gasteiger charge is -2.26. The number of rotatable bonds is 35. The number of carbonyl (C=O) groups is 1. The van der Waals surface area contributed by atoms with E-state index in [4.69, 9.17) is 9.05 Å². The molecule has 9 heteroatoms. The molecule has 0 aliphatic heterocycles. The third kappa shape index (κ3) is 33.5. The van der Waals surface area contributed by atoms with Gasteiger partial charge in [0.2, 0.25) is 5.91 Å². The van der Waals surface area contributed by atoms with Crippen LogP contribution >= 0.6 is 7.82 Å². The first-order valence-corrected chi connectivity index (χ1v) is 21.2. The monoisotopic (exact) mass is 702 g/mol. The van der Waals surface area contributed by atoms with E-state index in [1.54, 1.807) is 0 Å². The second-order valence-corrected chi connectivity index (χ2v) is 16.1. The van der Waals surface area contributed by atoms with E-state index in [2.05, 4.69) is 43.5 Å². The highest BCUT2D eigenvalue weighted by atomic mass is 31.2. The molecule has 0 radical (unpaired) electrons. The molecule has 0 aromatic rings. The van der Waals surface area contributed by atoms with Crippen molar-refractivity contribution in [2.45, 2.75) is 180 Å². The Kier molecular flexibility index (Phi) is 31.2. The zero-order valence-corrected chi connectivity index (χ0v) is 32.9. The van der Waals surface area contributed by atoms with Crippen molar-refractivity contribution >= 4 is 13.7 Å². The molecule has 3 unspecified atom stereocenters. The molecule has 1 amide bonds. The van der Waals surface area contributed by atoms with Crippen molar-refractivity contribution in [1.82, 2.24) is 5.32 Å². The third-order valence-electron chi connectivity index (χ3n) is 8.70. The van der Waals surface area contributed by atoms with Gasteiger partial charge < -0.3 is 19.8 Å². The SMILES string of the molecule is CCCCC/C=C\C/C=C\CCCCCCCC(=O)NC(COP(=O)(O)OCC[N+](C)(C)C)C(O)CCCCCCCCCCCCC. The van der Waals surface area contributed by atoms with Crippen molar-refractivity contribution in [2.24, 2.45) is 0 Å². The van der Waals surface area contributed by atoms with E-state index in [-0.39, 0.29) is 19.1 Å². The molecule has 48 heavy (non-hydrogen) atoms. The van der Waals surface area contributed by atoms with Gasteiger partial charge in [0.15, 0.2) is 0 Å². The summed E-state index contributed by atoms with van der Waals surface area (Å²) in [7, 11) is 1.60. The summed E-state index contributed by atoms with van der Waals surface area (Å²) in [6.07, 6.45) is 34.8. The van der Waals surface area contributed by atoms with Crippen LogP contribution in [0.2, 0.25) is 0 Å². The largest absolute Gasteiger partial charge is 0.472 e. The molecule has 3 atom stereocenters. The molecule has 3 N–H and O–H groups in total. The van der Waals surface area contributed by atoms with Crippen LogP contribution in [0.4, 0.5) is 0 Å². The molecule has 0 aromatic heterocycles. The van der Waals surface area contributed by atoms with Crippen molar-refractivity contribution in [1.29, 1.82) is 0 Å². The highest BCUT2D eigenvalue weighted by Crippen LogP contribution is 2.43. The number of phosphoric acid groups is 1. The Bertz CT molecular complexity index is 845. The molecule has 284 valence electrons. The zero-order valence-electron chi connectivity index (χ0n) is 32.0. The maximum Gasteiger partial charge on any atom is 0.472 e. The number of quaternary nitrogens is 1. The van der Waals surface area contributed by atoms with Gasteiger partial charge in [-0.15, -0.1) is 0 Å². The Balaban J connectivity index is 4.47. The van der Waals surface area contributed by atoms with Crippen molar-refractivity contribution in [3.63, 3.8) is 0 Å². The minimum atomic E-state index is -4.31. The molecule has 0 bridgehead atoms. The van der Waals surface area contributed by atoms with Crippen LogP contribution in [0.5, 0.6) is 0 Å². The van der Waals surface area contributed by atoms with E-state index < -0.39 is 20.0 Å². The summed E-state index contributed by atoms with van der Waals surface area (Å²) in [5, 5.41) is 13.9. The second kappa shape index (κ2) is 31.9. The summed E-state index contributed by atoms with van der Waals surface area (Å²) in [5.41, 5.74) is 0. The first kappa shape index (κ1) is 47.0. The average molecular weight is 702 g/mol. The number of allylic oxidation sites excluding steroid dienone is 4. The Morgan fingerprint density at radius 2 is 1.19 bits per heavy atom. The highest BCUT2D eigenvalue weighted by Gasteiger charge is 2.28. The number of unbranched alkanes of at least 4 members (excludes halogenated alkanes) is 18. The summed E-state index contributed by atoms with van der Waals surface area (Å²) in [6, 6.07) is -0.763. The molecule has 0 saturated heterocycles. The van der Waals surface area contributed by atoms with Gasteiger partial charge in [0.25, 0.3) is 0 Å². The van der Waals surface area contributed by atoms with E-state index >= 15 is 0 Å². The smallest absolute Gasteiger partial charge is 0.391 e. The van der Waals surface area contributed by atoms with Crippen LogP contribution in [-0.2, 0) is 18.4 Å². The van der Waals surface area contributed by atoms with Gasteiger partial charge in [-0.05, 0) is 44.9 Å². The van der Waals surface area contributed by atoms with Crippen LogP contribution < -0.4 is 5.32 Å². The Labute approximate surface area is 296 Å². The number of hydrogen-bond acceptors (Lipinski definition) is 5. The van der Waals surface area contributed by atoms with Crippen LogP contribution in [0.15, 0.2) is 24.3 Å². The number of aliphatic hydroxyl groups excluding tert-OH is 1. The predicted octanol–water partition coefficient (Wildman–Crippen LogP) is 10.2. The topological polar surface area (TPSA) is 105 Å². The van der Waals surface area contributed by atoms with Gasteiger partial charge in [-0.25, -0.2) is 4.57 Å². The quantitative estimate of drug-likeness (QED) is 0.0263. The molecular formula is C39H78N2O6P+. The standard InChI is InChI=1S/C39H77N2O6P/c1-6-8-10-12-14-16-18-19-20-21-23-25-27-29-31-33-39(43)40-37(36-47-48(44,45)46-35-34-41(3,4)5)38(42)32-30-28-26-24-22-17-15-13-11-9-7-2/h14,16,19-20,37-38,42H,6-13,15,17-18,21-36H2,1-5H3,(H-,40,43,44,45)/p+1/b16-14-,20-19-. The van der Waals surface area contributed by atoms with Gasteiger partial charge in [-0.2, -0.15) is 0 Å². The molecule has 0 rings (SSSR count). The number of nitrogens with one attached hydrogen (secondary N) is 1. The van der Waals surface area contributed by atoms with E-state index in [1.807, 2.05) is 21.1 Å². The summed E-state index contributed by atoms with van der Waals surface area (Å²) in [5.74, 6) is -0.161. The number of nitrogens with zero attached hydrogens (tertiary/aromatic N) is 1. The normalized spacial score (nSPS) is 14.9. The molecule has 0 saturated carbocycles. The number of likely N-dealkylation sites (N-methyl/N-ethyl adjacent to an activating group) is 1. The zero-order chi connectivity index (χ0) is 35.8. The lowest BCUT2D eigenvalue weighted by atomic mass is 10.0. The van der Waals surface area contributed by atoms with Gasteiger partial charge in [-0.3, -0.25) is 13.8 Å². The summed E-state index contributed by atoms with van der Waals surface area (Å²) in [6.45, 7) is 4.82. The van der Waals surface area contributed by atoms with Crippen LogP contribution in [0.1, 0.15) is 168 Å². The van der Waals surface area contributed by atoms with E-state index in [1.165, 1.54) is 77.0 Å². The third-order valence-corrected chi connectivity index (χ3v) is 9.69. The van der Waals surface area contributed by atoms with E-state index in [0.717, 1.165) is 64.2 Å². The van der Waals surface area contributed by atoms with Crippen LogP contribution in [0.25, 0.3) is 0 Å². The Morgan fingerprint density at radius 1 is 0.708 bits per heavy atom. The molecule has 0 spiro atoms. The van der Waals surface area contributed by atoms with Crippen LogP contribution in [-0.4, -0.2) is 73.4 Å². The Morgan fingerprint density at radius 3 is 1.75 bits per heavy atom.